The van der Waals surface area contributed by atoms with Crippen molar-refractivity contribution < 1.29 is 9.52 Å². The first kappa shape index (κ1) is 12.1. The Hall–Kier alpha value is -1.69. The molecular weight excluding hydrogens is 290 g/mol. The standard InChI is InChI=1S/C15H11NO2S2/c17-10(13-8-14-12(20-13)5-6-19-14)7-15-16-9-3-1-2-4-11(9)18-15/h1-6,8,10,17H,7H2. The summed E-state index contributed by atoms with van der Waals surface area (Å²) in [7, 11) is 0. The van der Waals surface area contributed by atoms with Crippen molar-refractivity contribution in [1.29, 1.82) is 0 Å². The second-order valence-electron chi connectivity index (χ2n) is 4.59. The summed E-state index contributed by atoms with van der Waals surface area (Å²) in [5, 5.41) is 12.4. The molecule has 0 aliphatic rings. The molecule has 0 aliphatic heterocycles. The maximum Gasteiger partial charge on any atom is 0.198 e. The fourth-order valence-electron chi connectivity index (χ4n) is 2.22. The minimum atomic E-state index is -0.562. The molecule has 0 spiro atoms. The van der Waals surface area contributed by atoms with Crippen LogP contribution in [0.15, 0.2) is 46.2 Å². The van der Waals surface area contributed by atoms with Crippen molar-refractivity contribution >= 4 is 43.2 Å². The largest absolute Gasteiger partial charge is 0.441 e. The van der Waals surface area contributed by atoms with Crippen LogP contribution in [0.2, 0.25) is 0 Å². The van der Waals surface area contributed by atoms with Gasteiger partial charge in [0, 0.05) is 14.3 Å². The highest BCUT2D eigenvalue weighted by molar-refractivity contribution is 7.26. The van der Waals surface area contributed by atoms with E-state index in [0.717, 1.165) is 16.0 Å². The van der Waals surface area contributed by atoms with Crippen LogP contribution in [-0.2, 0) is 6.42 Å². The summed E-state index contributed by atoms with van der Waals surface area (Å²) >= 11 is 3.33. The summed E-state index contributed by atoms with van der Waals surface area (Å²) in [5.41, 5.74) is 1.60. The molecule has 20 heavy (non-hydrogen) atoms. The Labute approximate surface area is 123 Å². The zero-order valence-corrected chi connectivity index (χ0v) is 12.1. The van der Waals surface area contributed by atoms with Crippen LogP contribution in [0.5, 0.6) is 0 Å². The lowest BCUT2D eigenvalue weighted by atomic mass is 10.2. The Morgan fingerprint density at radius 3 is 2.95 bits per heavy atom. The lowest BCUT2D eigenvalue weighted by Gasteiger charge is -2.04. The Morgan fingerprint density at radius 2 is 2.10 bits per heavy atom. The first-order chi connectivity index (χ1) is 9.79. The molecule has 0 amide bonds. The van der Waals surface area contributed by atoms with Crippen molar-refractivity contribution in [3.63, 3.8) is 0 Å². The molecule has 0 saturated carbocycles. The van der Waals surface area contributed by atoms with Crippen LogP contribution < -0.4 is 0 Å². The van der Waals surface area contributed by atoms with Gasteiger partial charge in [0.25, 0.3) is 0 Å². The number of fused-ring (bicyclic) bond motifs is 2. The van der Waals surface area contributed by atoms with Crippen LogP contribution in [0, 0.1) is 0 Å². The minimum absolute atomic E-state index is 0.405. The molecule has 1 N–H and O–H groups in total. The number of benzene rings is 1. The highest BCUT2D eigenvalue weighted by Gasteiger charge is 2.16. The Morgan fingerprint density at radius 1 is 1.20 bits per heavy atom. The van der Waals surface area contributed by atoms with Crippen LogP contribution in [-0.4, -0.2) is 10.1 Å². The number of rotatable bonds is 3. The van der Waals surface area contributed by atoms with Crippen molar-refractivity contribution in [2.75, 3.05) is 0 Å². The highest BCUT2D eigenvalue weighted by atomic mass is 32.1. The number of aliphatic hydroxyl groups excluding tert-OH is 1. The fourth-order valence-corrected chi connectivity index (χ4v) is 4.33. The molecule has 0 fully saturated rings. The number of para-hydroxylation sites is 2. The number of aromatic nitrogens is 1. The molecule has 1 atom stereocenters. The number of hydrogen-bond acceptors (Lipinski definition) is 5. The van der Waals surface area contributed by atoms with E-state index in [1.165, 1.54) is 9.40 Å². The van der Waals surface area contributed by atoms with E-state index in [1.807, 2.05) is 24.3 Å². The molecule has 1 aromatic carbocycles. The van der Waals surface area contributed by atoms with Gasteiger partial charge in [-0.1, -0.05) is 12.1 Å². The lowest BCUT2D eigenvalue weighted by molar-refractivity contribution is 0.173. The van der Waals surface area contributed by atoms with E-state index in [4.69, 9.17) is 4.42 Å². The summed E-state index contributed by atoms with van der Waals surface area (Å²) in [6, 6.07) is 11.8. The molecule has 4 aromatic rings. The molecule has 3 nitrogen and oxygen atoms in total. The van der Waals surface area contributed by atoms with Gasteiger partial charge in [-0.25, -0.2) is 4.98 Å². The van der Waals surface area contributed by atoms with Gasteiger partial charge in [0.2, 0.25) is 0 Å². The van der Waals surface area contributed by atoms with Gasteiger partial charge in [-0.2, -0.15) is 0 Å². The number of oxazole rings is 1. The molecule has 0 aliphatic carbocycles. The van der Waals surface area contributed by atoms with Gasteiger partial charge in [-0.3, -0.25) is 0 Å². The van der Waals surface area contributed by atoms with Gasteiger partial charge in [0.15, 0.2) is 11.5 Å². The van der Waals surface area contributed by atoms with E-state index in [1.54, 1.807) is 22.7 Å². The maximum atomic E-state index is 10.3. The van der Waals surface area contributed by atoms with E-state index in [-0.39, 0.29) is 0 Å². The van der Waals surface area contributed by atoms with Gasteiger partial charge in [-0.05, 0) is 29.6 Å². The molecule has 4 rings (SSSR count). The summed E-state index contributed by atoms with van der Waals surface area (Å²) in [6.45, 7) is 0. The second-order valence-corrected chi connectivity index (χ2v) is 6.66. The molecule has 0 bridgehead atoms. The number of nitrogens with zero attached hydrogens (tertiary/aromatic N) is 1. The van der Waals surface area contributed by atoms with Gasteiger partial charge < -0.3 is 9.52 Å². The SMILES string of the molecule is OC(Cc1nc2ccccc2o1)c1cc2sccc2s1. The second kappa shape index (κ2) is 4.70. The predicted octanol–water partition coefficient (Wildman–Crippen LogP) is 4.38. The number of hydrogen-bond donors (Lipinski definition) is 1. The molecule has 0 radical (unpaired) electrons. The van der Waals surface area contributed by atoms with E-state index < -0.39 is 6.10 Å². The molecular formula is C15H11NO2S2. The van der Waals surface area contributed by atoms with E-state index in [9.17, 15) is 5.11 Å². The molecule has 1 unspecified atom stereocenters. The molecule has 3 heterocycles. The summed E-state index contributed by atoms with van der Waals surface area (Å²) in [6.07, 6.45) is -0.157. The van der Waals surface area contributed by atoms with Crippen molar-refractivity contribution in [3.05, 3.63) is 52.5 Å². The average Bonchev–Trinajstić information content (AvgIpc) is 3.11. The Balaban J connectivity index is 1.62. The highest BCUT2D eigenvalue weighted by Crippen LogP contribution is 2.34. The van der Waals surface area contributed by atoms with Gasteiger partial charge >= 0.3 is 0 Å². The zero-order chi connectivity index (χ0) is 13.5. The lowest BCUT2D eigenvalue weighted by Crippen LogP contribution is -1.99. The number of thiophene rings is 2. The van der Waals surface area contributed by atoms with E-state index in [2.05, 4.69) is 22.5 Å². The quantitative estimate of drug-likeness (QED) is 0.611. The monoisotopic (exact) mass is 301 g/mol. The maximum absolute atomic E-state index is 10.3. The normalized spacial score (nSPS) is 13.2. The zero-order valence-electron chi connectivity index (χ0n) is 10.4. The Bertz CT molecular complexity index is 813. The first-order valence-electron chi connectivity index (χ1n) is 6.29. The third-order valence-corrected chi connectivity index (χ3v) is 5.39. The minimum Gasteiger partial charge on any atom is -0.441 e. The molecule has 5 heteroatoms. The van der Waals surface area contributed by atoms with Crippen LogP contribution in [0.3, 0.4) is 0 Å². The fraction of sp³-hybridized carbons (Fsp3) is 0.133. The van der Waals surface area contributed by atoms with Crippen LogP contribution >= 0.6 is 22.7 Å². The molecule has 100 valence electrons. The van der Waals surface area contributed by atoms with E-state index in [0.29, 0.717) is 12.3 Å². The summed E-state index contributed by atoms with van der Waals surface area (Å²) in [5.74, 6) is 0.579. The smallest absolute Gasteiger partial charge is 0.198 e. The third-order valence-electron chi connectivity index (χ3n) is 3.19. The first-order valence-corrected chi connectivity index (χ1v) is 7.99. The van der Waals surface area contributed by atoms with Crippen molar-refractivity contribution in [2.24, 2.45) is 0 Å². The average molecular weight is 301 g/mol. The third kappa shape index (κ3) is 2.04. The van der Waals surface area contributed by atoms with Gasteiger partial charge in [0.1, 0.15) is 5.52 Å². The van der Waals surface area contributed by atoms with Crippen molar-refractivity contribution in [2.45, 2.75) is 12.5 Å². The summed E-state index contributed by atoms with van der Waals surface area (Å²) < 4.78 is 8.10. The number of aliphatic hydroxyl groups is 1. The Kier molecular flexibility index (Phi) is 2.84. The van der Waals surface area contributed by atoms with E-state index >= 15 is 0 Å². The molecule has 3 aromatic heterocycles. The van der Waals surface area contributed by atoms with Crippen LogP contribution in [0.4, 0.5) is 0 Å². The topological polar surface area (TPSA) is 46.3 Å². The summed E-state index contributed by atoms with van der Waals surface area (Å²) in [4.78, 5) is 5.37. The van der Waals surface area contributed by atoms with Crippen molar-refractivity contribution in [3.8, 4) is 0 Å². The van der Waals surface area contributed by atoms with Crippen molar-refractivity contribution in [1.82, 2.24) is 4.98 Å². The van der Waals surface area contributed by atoms with Crippen LogP contribution in [0.25, 0.3) is 20.5 Å². The van der Waals surface area contributed by atoms with Gasteiger partial charge in [0.05, 0.1) is 12.5 Å². The predicted molar refractivity (Wildman–Crippen MR) is 82.4 cm³/mol. The molecule has 0 saturated heterocycles. The van der Waals surface area contributed by atoms with Crippen LogP contribution in [0.1, 0.15) is 16.9 Å². The van der Waals surface area contributed by atoms with Gasteiger partial charge in [-0.15, -0.1) is 22.7 Å².